The average Bonchev–Trinajstić information content (AvgIpc) is 2.56. The van der Waals surface area contributed by atoms with Crippen molar-refractivity contribution < 1.29 is 18.3 Å². The Bertz CT molecular complexity index is 954. The fraction of sp³-hybridized carbons (Fsp3) is 0.0667. The van der Waals surface area contributed by atoms with Crippen LogP contribution in [0.4, 0.5) is 17.1 Å². The Kier molecular flexibility index (Phi) is 4.84. The Balaban J connectivity index is 2.65. The van der Waals surface area contributed by atoms with E-state index in [2.05, 4.69) is 6.58 Å². The van der Waals surface area contributed by atoms with E-state index in [1.807, 2.05) is 6.92 Å². The Morgan fingerprint density at radius 3 is 2.12 bits per heavy atom. The molecule has 10 heteroatoms. The van der Waals surface area contributed by atoms with Gasteiger partial charge in [-0.15, -0.1) is 0 Å². The molecule has 0 aliphatic carbocycles. The van der Waals surface area contributed by atoms with Crippen LogP contribution < -0.4 is 4.31 Å². The van der Waals surface area contributed by atoms with Gasteiger partial charge in [-0.25, -0.2) is 12.7 Å². The maximum Gasteiger partial charge on any atom is 0.296 e. The van der Waals surface area contributed by atoms with Crippen molar-refractivity contribution in [2.24, 2.45) is 0 Å². The maximum absolute atomic E-state index is 12.8. The van der Waals surface area contributed by atoms with Crippen LogP contribution in [0.3, 0.4) is 0 Å². The second kappa shape index (κ2) is 6.69. The summed E-state index contributed by atoms with van der Waals surface area (Å²) in [7, 11) is -4.38. The van der Waals surface area contributed by atoms with Gasteiger partial charge in [0, 0.05) is 12.3 Å². The molecule has 2 aromatic rings. The third-order valence-electron chi connectivity index (χ3n) is 3.34. The molecule has 0 heterocycles. The first kappa shape index (κ1) is 18.1. The van der Waals surface area contributed by atoms with Crippen molar-refractivity contribution in [3.63, 3.8) is 0 Å². The summed E-state index contributed by atoms with van der Waals surface area (Å²) in [5, 5.41) is 22.0. The molecule has 2 rings (SSSR count). The molecule has 0 spiro atoms. The molecule has 0 amide bonds. The molecule has 0 saturated carbocycles. The third kappa shape index (κ3) is 3.48. The number of hydrogen-bond donors (Lipinski definition) is 0. The molecule has 9 nitrogen and oxygen atoms in total. The number of nitrogens with zero attached hydrogens (tertiary/aromatic N) is 3. The summed E-state index contributed by atoms with van der Waals surface area (Å²) in [4.78, 5) is 19.5. The van der Waals surface area contributed by atoms with Gasteiger partial charge < -0.3 is 0 Å². The summed E-state index contributed by atoms with van der Waals surface area (Å²) in [6.45, 7) is 5.26. The predicted molar refractivity (Wildman–Crippen MR) is 90.8 cm³/mol. The smallest absolute Gasteiger partial charge is 0.258 e. The van der Waals surface area contributed by atoms with Gasteiger partial charge in [-0.05, 0) is 25.1 Å². The topological polar surface area (TPSA) is 124 Å². The molecule has 0 saturated heterocycles. The van der Waals surface area contributed by atoms with Gasteiger partial charge in [0.15, 0.2) is 4.90 Å². The van der Waals surface area contributed by atoms with Gasteiger partial charge in [0.25, 0.3) is 21.4 Å². The fourth-order valence-electron chi connectivity index (χ4n) is 2.12. The third-order valence-corrected chi connectivity index (χ3v) is 5.12. The van der Waals surface area contributed by atoms with Gasteiger partial charge in [-0.2, -0.15) is 0 Å². The molecule has 0 aliphatic heterocycles. The summed E-state index contributed by atoms with van der Waals surface area (Å²) < 4.78 is 26.4. The minimum atomic E-state index is -4.38. The van der Waals surface area contributed by atoms with Crippen LogP contribution in [-0.4, -0.2) is 18.3 Å². The lowest BCUT2D eigenvalue weighted by atomic mass is 10.2. The molecule has 25 heavy (non-hydrogen) atoms. The first-order valence-corrected chi connectivity index (χ1v) is 8.29. The van der Waals surface area contributed by atoms with Crippen LogP contribution in [0.1, 0.15) is 5.56 Å². The lowest BCUT2D eigenvalue weighted by Crippen LogP contribution is -2.26. The largest absolute Gasteiger partial charge is 0.296 e. The first-order chi connectivity index (χ1) is 11.7. The Hall–Kier alpha value is -3.27. The lowest BCUT2D eigenvalue weighted by molar-refractivity contribution is -0.396. The molecule has 2 aromatic carbocycles. The van der Waals surface area contributed by atoms with E-state index in [-0.39, 0.29) is 5.69 Å². The SMILES string of the molecule is C=CN(c1ccc(C)cc1)S(=O)(=O)c1ccc([N+](=O)[O-])cc1[N+](=O)[O-]. The zero-order chi connectivity index (χ0) is 18.8. The van der Waals surface area contributed by atoms with E-state index in [1.165, 1.54) is 12.1 Å². The van der Waals surface area contributed by atoms with Crippen LogP contribution in [0.25, 0.3) is 0 Å². The van der Waals surface area contributed by atoms with Crippen LogP contribution >= 0.6 is 0 Å². The summed E-state index contributed by atoms with van der Waals surface area (Å²) in [6.07, 6.45) is 1.01. The fourth-order valence-corrected chi connectivity index (χ4v) is 3.57. The molecule has 0 aliphatic rings. The van der Waals surface area contributed by atoms with Gasteiger partial charge in [-0.1, -0.05) is 24.3 Å². The Morgan fingerprint density at radius 1 is 1.04 bits per heavy atom. The zero-order valence-electron chi connectivity index (χ0n) is 13.0. The van der Waals surface area contributed by atoms with E-state index in [0.29, 0.717) is 6.07 Å². The van der Waals surface area contributed by atoms with Gasteiger partial charge in [0.1, 0.15) is 0 Å². The van der Waals surface area contributed by atoms with Crippen molar-refractivity contribution in [2.45, 2.75) is 11.8 Å². The molecule has 0 bridgehead atoms. The van der Waals surface area contributed by atoms with E-state index in [9.17, 15) is 28.6 Å². The van der Waals surface area contributed by atoms with E-state index in [1.54, 1.807) is 12.1 Å². The van der Waals surface area contributed by atoms with Gasteiger partial charge in [0.2, 0.25) is 0 Å². The number of rotatable bonds is 6. The van der Waals surface area contributed by atoms with Gasteiger partial charge >= 0.3 is 0 Å². The molecule has 0 fully saturated rings. The van der Waals surface area contributed by atoms with Crippen LogP contribution in [0.15, 0.2) is 60.1 Å². The van der Waals surface area contributed by atoms with Crippen LogP contribution in [0.2, 0.25) is 0 Å². The van der Waals surface area contributed by atoms with Crippen molar-refractivity contribution in [3.05, 3.63) is 81.0 Å². The number of benzene rings is 2. The lowest BCUT2D eigenvalue weighted by Gasteiger charge is -2.20. The van der Waals surface area contributed by atoms with E-state index in [4.69, 9.17) is 0 Å². The maximum atomic E-state index is 12.8. The highest BCUT2D eigenvalue weighted by Gasteiger charge is 2.32. The number of sulfonamides is 1. The van der Waals surface area contributed by atoms with E-state index < -0.39 is 36.1 Å². The van der Waals surface area contributed by atoms with E-state index >= 15 is 0 Å². The van der Waals surface area contributed by atoms with Crippen molar-refractivity contribution in [1.29, 1.82) is 0 Å². The van der Waals surface area contributed by atoms with Gasteiger partial charge in [-0.3, -0.25) is 20.2 Å². The second-order valence-corrected chi connectivity index (χ2v) is 6.77. The molecular weight excluding hydrogens is 350 g/mol. The van der Waals surface area contributed by atoms with Crippen LogP contribution in [-0.2, 0) is 10.0 Å². The normalized spacial score (nSPS) is 10.9. The molecule has 130 valence electrons. The highest BCUT2D eigenvalue weighted by molar-refractivity contribution is 7.93. The molecule has 0 aromatic heterocycles. The van der Waals surface area contributed by atoms with E-state index in [0.717, 1.165) is 28.2 Å². The molecule has 0 atom stereocenters. The van der Waals surface area contributed by atoms with Crippen molar-refractivity contribution in [3.8, 4) is 0 Å². The first-order valence-electron chi connectivity index (χ1n) is 6.85. The molecule has 0 radical (unpaired) electrons. The summed E-state index contributed by atoms with van der Waals surface area (Å²) in [6, 6.07) is 8.74. The Morgan fingerprint density at radius 2 is 1.64 bits per heavy atom. The number of aryl methyl sites for hydroxylation is 1. The summed E-state index contributed by atoms with van der Waals surface area (Å²) in [5.74, 6) is 0. The number of nitro groups is 2. The highest BCUT2D eigenvalue weighted by Crippen LogP contribution is 2.32. The second-order valence-electron chi connectivity index (χ2n) is 4.99. The van der Waals surface area contributed by atoms with Crippen molar-refractivity contribution in [2.75, 3.05) is 4.31 Å². The number of nitro benzene ring substituents is 2. The number of hydrogen-bond acceptors (Lipinski definition) is 6. The predicted octanol–water partition coefficient (Wildman–Crippen LogP) is 3.15. The van der Waals surface area contributed by atoms with Crippen LogP contribution in [0.5, 0.6) is 0 Å². The monoisotopic (exact) mass is 363 g/mol. The molecular formula is C15H13N3O6S. The highest BCUT2D eigenvalue weighted by atomic mass is 32.2. The van der Waals surface area contributed by atoms with Crippen molar-refractivity contribution in [1.82, 2.24) is 0 Å². The zero-order valence-corrected chi connectivity index (χ0v) is 13.8. The average molecular weight is 363 g/mol. The Labute approximate surface area is 143 Å². The summed E-state index contributed by atoms with van der Waals surface area (Å²) in [5.41, 5.74) is -0.334. The van der Waals surface area contributed by atoms with Crippen LogP contribution in [0, 0.1) is 27.2 Å². The van der Waals surface area contributed by atoms with Gasteiger partial charge in [0.05, 0.1) is 21.6 Å². The molecule has 0 unspecified atom stereocenters. The minimum Gasteiger partial charge on any atom is -0.258 e. The minimum absolute atomic E-state index is 0.230. The quantitative estimate of drug-likeness (QED) is 0.573. The van der Waals surface area contributed by atoms with Crippen molar-refractivity contribution >= 4 is 27.1 Å². The summed E-state index contributed by atoms with van der Waals surface area (Å²) >= 11 is 0. The molecule has 0 N–H and O–H groups in total. The number of non-ortho nitro benzene ring substituents is 1. The number of anilines is 1. The standard InChI is InChI=1S/C15H13N3O6S/c1-3-16(12-6-4-11(2)5-7-12)25(23,24)15-9-8-13(17(19)20)10-14(15)18(21)22/h3-10H,1H2,2H3.